The summed E-state index contributed by atoms with van der Waals surface area (Å²) in [6.07, 6.45) is 3.53. The zero-order valence-corrected chi connectivity index (χ0v) is 24.3. The summed E-state index contributed by atoms with van der Waals surface area (Å²) >= 11 is 3.05. The lowest BCUT2D eigenvalue weighted by molar-refractivity contribution is 0.0623. The first-order chi connectivity index (χ1) is 20.7. The number of thiazole rings is 1. The van der Waals surface area contributed by atoms with E-state index < -0.39 is 0 Å². The van der Waals surface area contributed by atoms with Crippen LogP contribution in [0.4, 0.5) is 0 Å². The predicted molar refractivity (Wildman–Crippen MR) is 160 cm³/mol. The number of fused-ring (bicyclic) bond motifs is 1. The van der Waals surface area contributed by atoms with Crippen LogP contribution in [0.2, 0.25) is 0 Å². The molecule has 0 aliphatic carbocycles. The van der Waals surface area contributed by atoms with Crippen LogP contribution >= 0.6 is 23.1 Å². The number of amides is 1. The highest BCUT2D eigenvalue weighted by molar-refractivity contribution is 7.98. The molecule has 12 heteroatoms. The van der Waals surface area contributed by atoms with E-state index in [2.05, 4.69) is 31.1 Å². The van der Waals surface area contributed by atoms with E-state index in [1.165, 1.54) is 16.9 Å². The topological polar surface area (TPSA) is 98.5 Å². The summed E-state index contributed by atoms with van der Waals surface area (Å²) in [7, 11) is 0. The van der Waals surface area contributed by atoms with Crippen molar-refractivity contribution >= 4 is 29.0 Å². The normalized spacial score (nSPS) is 14.8. The van der Waals surface area contributed by atoms with E-state index in [9.17, 15) is 4.79 Å². The number of carbonyl (C=O) groups excluding carboxylic acids is 1. The molecule has 0 unspecified atom stereocenters. The van der Waals surface area contributed by atoms with Gasteiger partial charge in [0.25, 0.3) is 5.91 Å². The van der Waals surface area contributed by atoms with Crippen LogP contribution in [0, 0.1) is 0 Å². The van der Waals surface area contributed by atoms with Crippen LogP contribution in [-0.4, -0.2) is 73.4 Å². The third kappa shape index (κ3) is 5.60. The largest absolute Gasteiger partial charge is 0.454 e. The molecule has 2 aromatic carbocycles. The fourth-order valence-electron chi connectivity index (χ4n) is 5.03. The second kappa shape index (κ2) is 11.9. The molecule has 2 aliphatic heterocycles. The van der Waals surface area contributed by atoms with Crippen molar-refractivity contribution in [3.63, 3.8) is 0 Å². The number of nitrogens with zero attached hydrogens (tertiary/aromatic N) is 7. The quantitative estimate of drug-likeness (QED) is 0.234. The molecule has 0 radical (unpaired) electrons. The van der Waals surface area contributed by atoms with Crippen molar-refractivity contribution in [3.05, 3.63) is 94.7 Å². The van der Waals surface area contributed by atoms with E-state index in [4.69, 9.17) is 9.47 Å². The van der Waals surface area contributed by atoms with Crippen molar-refractivity contribution in [2.45, 2.75) is 17.5 Å². The molecule has 0 N–H and O–H groups in total. The molecule has 1 fully saturated rings. The molecule has 7 rings (SSSR count). The Hall–Kier alpha value is -4.26. The minimum Gasteiger partial charge on any atom is -0.454 e. The highest BCUT2D eigenvalue weighted by atomic mass is 32.2. The highest BCUT2D eigenvalue weighted by Crippen LogP contribution is 2.33. The average molecular weight is 598 g/mol. The summed E-state index contributed by atoms with van der Waals surface area (Å²) in [5.41, 5.74) is 3.53. The van der Waals surface area contributed by atoms with Gasteiger partial charge in [-0.3, -0.25) is 19.2 Å². The Kier molecular flexibility index (Phi) is 7.56. The van der Waals surface area contributed by atoms with Crippen LogP contribution in [-0.2, 0) is 12.3 Å². The van der Waals surface area contributed by atoms with E-state index in [-0.39, 0.29) is 12.7 Å². The molecule has 2 aliphatic rings. The lowest BCUT2D eigenvalue weighted by Gasteiger charge is -2.34. The Bertz CT molecular complexity index is 1690. The maximum atomic E-state index is 13.3. The first kappa shape index (κ1) is 26.6. The number of carbonyl (C=O) groups is 1. The van der Waals surface area contributed by atoms with Crippen molar-refractivity contribution in [2.24, 2.45) is 0 Å². The number of hydrogen-bond acceptors (Lipinski definition) is 10. The molecular weight excluding hydrogens is 571 g/mol. The first-order valence-corrected chi connectivity index (χ1v) is 15.5. The molecule has 0 bridgehead atoms. The van der Waals surface area contributed by atoms with Crippen LogP contribution in [0.1, 0.15) is 21.1 Å². The summed E-state index contributed by atoms with van der Waals surface area (Å²) in [6, 6.07) is 20.0. The molecule has 10 nitrogen and oxygen atoms in total. The smallest absolute Gasteiger partial charge is 0.273 e. The number of thioether (sulfide) groups is 1. The Balaban J connectivity index is 0.980. The van der Waals surface area contributed by atoms with Gasteiger partial charge in [0, 0.05) is 61.7 Å². The summed E-state index contributed by atoms with van der Waals surface area (Å²) < 4.78 is 12.9. The van der Waals surface area contributed by atoms with Gasteiger partial charge < -0.3 is 14.4 Å². The number of hydrogen-bond donors (Lipinski definition) is 0. The van der Waals surface area contributed by atoms with E-state index >= 15 is 0 Å². The van der Waals surface area contributed by atoms with Crippen LogP contribution in [0.3, 0.4) is 0 Å². The van der Waals surface area contributed by atoms with E-state index in [0.29, 0.717) is 24.5 Å². The maximum Gasteiger partial charge on any atom is 0.273 e. The number of ether oxygens (including phenoxy) is 2. The molecule has 3 aromatic heterocycles. The molecule has 42 heavy (non-hydrogen) atoms. The minimum absolute atomic E-state index is 0.0171. The number of pyridine rings is 1. The van der Waals surface area contributed by atoms with Crippen LogP contribution in [0.5, 0.6) is 11.5 Å². The van der Waals surface area contributed by atoms with E-state index in [1.807, 2.05) is 69.4 Å². The predicted octanol–water partition coefficient (Wildman–Crippen LogP) is 4.76. The fourth-order valence-corrected chi connectivity index (χ4v) is 6.76. The van der Waals surface area contributed by atoms with E-state index in [0.717, 1.165) is 58.4 Å². The minimum atomic E-state index is -0.0171. The van der Waals surface area contributed by atoms with Crippen LogP contribution in [0.15, 0.2) is 83.6 Å². The van der Waals surface area contributed by atoms with Gasteiger partial charge >= 0.3 is 0 Å². The third-order valence-corrected chi connectivity index (χ3v) is 9.14. The van der Waals surface area contributed by atoms with Gasteiger partial charge in [0.15, 0.2) is 22.5 Å². The Labute approximate surface area is 251 Å². The van der Waals surface area contributed by atoms with Gasteiger partial charge in [-0.15, -0.1) is 21.5 Å². The number of rotatable bonds is 8. The number of benzene rings is 2. The van der Waals surface area contributed by atoms with E-state index in [1.54, 1.807) is 24.2 Å². The molecule has 1 amide bonds. The zero-order chi connectivity index (χ0) is 28.3. The van der Waals surface area contributed by atoms with Crippen molar-refractivity contribution < 1.29 is 14.3 Å². The fraction of sp³-hybridized carbons (Fsp3) is 0.233. The Morgan fingerprint density at radius 1 is 0.952 bits per heavy atom. The summed E-state index contributed by atoms with van der Waals surface area (Å²) in [4.78, 5) is 26.4. The van der Waals surface area contributed by atoms with Gasteiger partial charge in [-0.2, -0.15) is 0 Å². The zero-order valence-electron chi connectivity index (χ0n) is 22.6. The molecule has 0 saturated carbocycles. The van der Waals surface area contributed by atoms with Gasteiger partial charge in [0.05, 0.1) is 5.75 Å². The molecule has 212 valence electrons. The number of piperazine rings is 1. The highest BCUT2D eigenvalue weighted by Gasteiger charge is 2.25. The van der Waals surface area contributed by atoms with Gasteiger partial charge in [0.2, 0.25) is 6.79 Å². The Morgan fingerprint density at radius 2 is 1.81 bits per heavy atom. The van der Waals surface area contributed by atoms with Crippen molar-refractivity contribution in [3.8, 4) is 28.6 Å². The van der Waals surface area contributed by atoms with Gasteiger partial charge in [-0.05, 0) is 42.0 Å². The average Bonchev–Trinajstić information content (AvgIpc) is 3.81. The van der Waals surface area contributed by atoms with Gasteiger partial charge in [-0.1, -0.05) is 36.0 Å². The lowest BCUT2D eigenvalue weighted by Crippen LogP contribution is -2.48. The first-order valence-electron chi connectivity index (χ1n) is 13.6. The third-order valence-electron chi connectivity index (χ3n) is 7.17. The standard InChI is InChI=1S/C30H27N7O3S2/c38-29(36-13-11-35(12-14-36)17-21-8-9-25-26(15-21)40-20-39-25)24-18-41-27(32-24)19-42-30-34-33-28(22-5-4-10-31-16-22)37(30)23-6-2-1-3-7-23/h1-10,15-16,18H,11-14,17,19-20H2. The number of para-hydroxylation sites is 1. The van der Waals surface area contributed by atoms with Crippen molar-refractivity contribution in [1.82, 2.24) is 34.5 Å². The molecule has 5 heterocycles. The lowest BCUT2D eigenvalue weighted by atomic mass is 10.1. The van der Waals surface area contributed by atoms with Crippen LogP contribution in [0.25, 0.3) is 17.1 Å². The second-order valence-electron chi connectivity index (χ2n) is 9.89. The summed E-state index contributed by atoms with van der Waals surface area (Å²) in [5, 5.41) is 12.4. The number of aromatic nitrogens is 5. The summed E-state index contributed by atoms with van der Waals surface area (Å²) in [6.45, 7) is 4.04. The van der Waals surface area contributed by atoms with Crippen LogP contribution < -0.4 is 9.47 Å². The monoisotopic (exact) mass is 597 g/mol. The van der Waals surface area contributed by atoms with Gasteiger partial charge in [-0.25, -0.2) is 4.98 Å². The van der Waals surface area contributed by atoms with Gasteiger partial charge in [0.1, 0.15) is 10.7 Å². The maximum absolute atomic E-state index is 13.3. The second-order valence-corrected chi connectivity index (χ2v) is 11.8. The SMILES string of the molecule is O=C(c1csc(CSc2nnc(-c3cccnc3)n2-c2ccccc2)n1)N1CCN(Cc2ccc3c(c2)OCO3)CC1. The molecule has 0 spiro atoms. The molecular formula is C30H27N7O3S2. The Morgan fingerprint density at radius 3 is 2.64 bits per heavy atom. The van der Waals surface area contributed by atoms with Crippen molar-refractivity contribution in [1.29, 1.82) is 0 Å². The molecule has 1 saturated heterocycles. The van der Waals surface area contributed by atoms with Crippen molar-refractivity contribution in [2.75, 3.05) is 33.0 Å². The molecule has 0 atom stereocenters. The summed E-state index contributed by atoms with van der Waals surface area (Å²) in [5.74, 6) is 2.89. The molecule has 5 aromatic rings.